The molecule has 0 saturated carbocycles. The topological polar surface area (TPSA) is 57.3 Å². The first-order valence-corrected chi connectivity index (χ1v) is 6.41. The lowest BCUT2D eigenvalue weighted by atomic mass is 10.1. The highest BCUT2D eigenvalue weighted by Gasteiger charge is 2.25. The van der Waals surface area contributed by atoms with Gasteiger partial charge in [-0.05, 0) is 26.0 Å². The molecule has 0 bridgehead atoms. The molecule has 2 rings (SSSR count). The van der Waals surface area contributed by atoms with Gasteiger partial charge >= 0.3 is 0 Å². The molecule has 0 aliphatic carbocycles. The van der Waals surface area contributed by atoms with Gasteiger partial charge < -0.3 is 15.5 Å². The third-order valence-electron chi connectivity index (χ3n) is 3.36. The number of pyridine rings is 1. The summed E-state index contributed by atoms with van der Waals surface area (Å²) < 4.78 is 14.1. The van der Waals surface area contributed by atoms with Crippen molar-refractivity contribution in [2.75, 3.05) is 25.0 Å². The predicted octanol–water partition coefficient (Wildman–Crippen LogP) is 0.767. The summed E-state index contributed by atoms with van der Waals surface area (Å²) in [7, 11) is 1.50. The highest BCUT2D eigenvalue weighted by atomic mass is 19.1. The first-order valence-electron chi connectivity index (χ1n) is 6.41. The molecule has 1 aromatic heterocycles. The van der Waals surface area contributed by atoms with Crippen molar-refractivity contribution < 1.29 is 9.18 Å². The number of carbonyl (C=O) groups excluding carboxylic acids is 1. The molecule has 0 radical (unpaired) electrons. The van der Waals surface area contributed by atoms with E-state index in [0.717, 1.165) is 13.1 Å². The Hall–Kier alpha value is -1.69. The molecular formula is C13H19FN4O. The van der Waals surface area contributed by atoms with Crippen molar-refractivity contribution in [1.82, 2.24) is 15.6 Å². The number of piperazine rings is 1. The molecule has 0 aromatic carbocycles. The fourth-order valence-electron chi connectivity index (χ4n) is 2.25. The Balaban J connectivity index is 2.27. The molecule has 0 unspecified atom stereocenters. The van der Waals surface area contributed by atoms with Crippen LogP contribution in [0.1, 0.15) is 24.3 Å². The van der Waals surface area contributed by atoms with Crippen LogP contribution in [0.2, 0.25) is 0 Å². The van der Waals surface area contributed by atoms with E-state index in [1.165, 1.54) is 7.05 Å². The predicted molar refractivity (Wildman–Crippen MR) is 71.9 cm³/mol. The third kappa shape index (κ3) is 2.84. The van der Waals surface area contributed by atoms with E-state index >= 15 is 0 Å². The Bertz CT molecular complexity index is 480. The average molecular weight is 266 g/mol. The molecule has 19 heavy (non-hydrogen) atoms. The fourth-order valence-corrected chi connectivity index (χ4v) is 2.25. The van der Waals surface area contributed by atoms with Gasteiger partial charge in [-0.3, -0.25) is 4.79 Å². The maximum absolute atomic E-state index is 14.1. The van der Waals surface area contributed by atoms with Crippen LogP contribution in [0.4, 0.5) is 10.1 Å². The zero-order chi connectivity index (χ0) is 14.0. The normalized spacial score (nSPS) is 23.3. The summed E-state index contributed by atoms with van der Waals surface area (Å²) in [5.41, 5.74) is 0.549. The molecule has 104 valence electrons. The van der Waals surface area contributed by atoms with Crippen molar-refractivity contribution >= 4 is 11.6 Å². The summed E-state index contributed by atoms with van der Waals surface area (Å²) in [6.07, 6.45) is 0. The van der Waals surface area contributed by atoms with Crippen LogP contribution in [0.25, 0.3) is 0 Å². The van der Waals surface area contributed by atoms with Gasteiger partial charge in [0.05, 0.1) is 5.69 Å². The van der Waals surface area contributed by atoms with Crippen LogP contribution in [0.5, 0.6) is 0 Å². The minimum Gasteiger partial charge on any atom is -0.362 e. The molecular weight excluding hydrogens is 247 g/mol. The fraction of sp³-hybridized carbons (Fsp3) is 0.538. The zero-order valence-electron chi connectivity index (χ0n) is 11.4. The van der Waals surface area contributed by atoms with E-state index in [2.05, 4.69) is 22.5 Å². The van der Waals surface area contributed by atoms with Crippen molar-refractivity contribution in [3.8, 4) is 0 Å². The van der Waals surface area contributed by atoms with Crippen LogP contribution in [0.3, 0.4) is 0 Å². The summed E-state index contributed by atoms with van der Waals surface area (Å²) in [6.45, 7) is 5.62. The summed E-state index contributed by atoms with van der Waals surface area (Å²) >= 11 is 0. The molecule has 1 amide bonds. The van der Waals surface area contributed by atoms with E-state index in [0.29, 0.717) is 11.7 Å². The number of nitrogens with one attached hydrogen (secondary N) is 2. The van der Waals surface area contributed by atoms with Crippen LogP contribution >= 0.6 is 0 Å². The SMILES string of the molecule is CNC(=O)c1ccc(N2C[C@@H](C)NC[C@@H]2C)c(F)n1. The van der Waals surface area contributed by atoms with Gasteiger partial charge in [0.2, 0.25) is 5.95 Å². The van der Waals surface area contributed by atoms with Crippen LogP contribution in [0, 0.1) is 5.95 Å². The number of halogens is 1. The molecule has 6 heteroatoms. The number of aromatic nitrogens is 1. The highest BCUT2D eigenvalue weighted by Crippen LogP contribution is 2.22. The van der Waals surface area contributed by atoms with Crippen molar-refractivity contribution in [2.45, 2.75) is 25.9 Å². The Morgan fingerprint density at radius 2 is 2.26 bits per heavy atom. The van der Waals surface area contributed by atoms with Crippen LogP contribution < -0.4 is 15.5 Å². The molecule has 5 nitrogen and oxygen atoms in total. The second-order valence-corrected chi connectivity index (χ2v) is 4.90. The summed E-state index contributed by atoms with van der Waals surface area (Å²) in [5.74, 6) is -0.978. The molecule has 2 atom stereocenters. The van der Waals surface area contributed by atoms with Crippen molar-refractivity contribution in [3.63, 3.8) is 0 Å². The van der Waals surface area contributed by atoms with Gasteiger partial charge in [-0.1, -0.05) is 0 Å². The van der Waals surface area contributed by atoms with E-state index < -0.39 is 5.95 Å². The first-order chi connectivity index (χ1) is 9.02. The second-order valence-electron chi connectivity index (χ2n) is 4.90. The van der Waals surface area contributed by atoms with Gasteiger partial charge in [0.1, 0.15) is 5.69 Å². The number of amides is 1. The van der Waals surface area contributed by atoms with Gasteiger partial charge in [-0.15, -0.1) is 0 Å². The maximum Gasteiger partial charge on any atom is 0.269 e. The number of hydrogen-bond acceptors (Lipinski definition) is 4. The van der Waals surface area contributed by atoms with Crippen molar-refractivity contribution in [1.29, 1.82) is 0 Å². The van der Waals surface area contributed by atoms with E-state index in [9.17, 15) is 9.18 Å². The van der Waals surface area contributed by atoms with E-state index in [1.54, 1.807) is 12.1 Å². The molecule has 1 aromatic rings. The lowest BCUT2D eigenvalue weighted by Gasteiger charge is -2.39. The third-order valence-corrected chi connectivity index (χ3v) is 3.36. The maximum atomic E-state index is 14.1. The molecule has 2 heterocycles. The van der Waals surface area contributed by atoms with Gasteiger partial charge in [-0.2, -0.15) is 4.39 Å². The molecule has 0 spiro atoms. The summed E-state index contributed by atoms with van der Waals surface area (Å²) in [6, 6.07) is 3.67. The van der Waals surface area contributed by atoms with Crippen LogP contribution in [-0.4, -0.2) is 43.1 Å². The minimum absolute atomic E-state index is 0.0968. The number of anilines is 1. The Morgan fingerprint density at radius 1 is 1.53 bits per heavy atom. The van der Waals surface area contributed by atoms with Gasteiger partial charge in [0, 0.05) is 32.2 Å². The highest BCUT2D eigenvalue weighted by molar-refractivity contribution is 5.92. The molecule has 1 saturated heterocycles. The monoisotopic (exact) mass is 266 g/mol. The first kappa shape index (κ1) is 13.7. The summed E-state index contributed by atoms with van der Waals surface area (Å²) in [5, 5.41) is 5.77. The Morgan fingerprint density at radius 3 is 2.89 bits per heavy atom. The van der Waals surface area contributed by atoms with E-state index in [1.807, 2.05) is 11.8 Å². The lowest BCUT2D eigenvalue weighted by Crippen LogP contribution is -2.54. The van der Waals surface area contributed by atoms with Crippen molar-refractivity contribution in [3.05, 3.63) is 23.8 Å². The molecule has 1 aliphatic heterocycles. The largest absolute Gasteiger partial charge is 0.362 e. The number of carbonyl (C=O) groups is 1. The van der Waals surface area contributed by atoms with Crippen LogP contribution in [-0.2, 0) is 0 Å². The van der Waals surface area contributed by atoms with Crippen LogP contribution in [0.15, 0.2) is 12.1 Å². The van der Waals surface area contributed by atoms with E-state index in [-0.39, 0.29) is 17.6 Å². The van der Waals surface area contributed by atoms with Gasteiger partial charge in [0.15, 0.2) is 0 Å². The molecule has 1 fully saturated rings. The smallest absolute Gasteiger partial charge is 0.269 e. The lowest BCUT2D eigenvalue weighted by molar-refractivity contribution is 0.0957. The Kier molecular flexibility index (Phi) is 3.99. The van der Waals surface area contributed by atoms with Crippen molar-refractivity contribution in [2.24, 2.45) is 0 Å². The standard InChI is InChI=1S/C13H19FN4O/c1-8-7-18(9(2)6-16-8)11-5-4-10(13(19)15-3)17-12(11)14/h4-5,8-9,16H,6-7H2,1-3H3,(H,15,19)/t8-,9+/m1/s1. The van der Waals surface area contributed by atoms with Gasteiger partial charge in [-0.25, -0.2) is 4.98 Å². The minimum atomic E-state index is -0.595. The Labute approximate surface area is 112 Å². The number of rotatable bonds is 2. The average Bonchev–Trinajstić information content (AvgIpc) is 2.41. The number of nitrogens with zero attached hydrogens (tertiary/aromatic N) is 2. The quantitative estimate of drug-likeness (QED) is 0.776. The number of hydrogen-bond donors (Lipinski definition) is 2. The summed E-state index contributed by atoms with van der Waals surface area (Å²) in [4.78, 5) is 17.1. The second kappa shape index (κ2) is 5.52. The molecule has 2 N–H and O–H groups in total. The zero-order valence-corrected chi connectivity index (χ0v) is 11.4. The molecule has 1 aliphatic rings. The van der Waals surface area contributed by atoms with E-state index in [4.69, 9.17) is 0 Å². The van der Waals surface area contributed by atoms with Gasteiger partial charge in [0.25, 0.3) is 5.91 Å².